The van der Waals surface area contributed by atoms with Crippen LogP contribution in [0.3, 0.4) is 0 Å². The minimum Gasteiger partial charge on any atom is -0.0654 e. The summed E-state index contributed by atoms with van der Waals surface area (Å²) in [4.78, 5) is 0. The summed E-state index contributed by atoms with van der Waals surface area (Å²) in [5.74, 6) is 0. The van der Waals surface area contributed by atoms with Crippen LogP contribution in [0, 0.1) is 27.7 Å². The molecule has 0 heterocycles. The van der Waals surface area contributed by atoms with Crippen LogP contribution in [-0.4, -0.2) is 23.9 Å². The van der Waals surface area contributed by atoms with Gasteiger partial charge in [0.05, 0.1) is 0 Å². The molecule has 25 heavy (non-hydrogen) atoms. The fourth-order valence-electron chi connectivity index (χ4n) is 1.71. The Morgan fingerprint density at radius 2 is 0.520 bits per heavy atom. The van der Waals surface area contributed by atoms with Crippen molar-refractivity contribution in [3.05, 3.63) is 27.7 Å². The average molecular weight is 459 g/mol. The van der Waals surface area contributed by atoms with Crippen molar-refractivity contribution in [1.29, 1.82) is 0 Å². The van der Waals surface area contributed by atoms with Crippen LogP contribution in [0.5, 0.6) is 0 Å². The van der Waals surface area contributed by atoms with E-state index in [2.05, 4.69) is 55.4 Å². The van der Waals surface area contributed by atoms with Crippen molar-refractivity contribution in [1.82, 2.24) is 0 Å². The second-order valence-corrected chi connectivity index (χ2v) is 6.24. The van der Waals surface area contributed by atoms with Gasteiger partial charge >= 0.3 is 0 Å². The molecule has 1 heteroatoms. The van der Waals surface area contributed by atoms with Crippen molar-refractivity contribution in [3.8, 4) is 0 Å². The zero-order valence-corrected chi connectivity index (χ0v) is 21.5. The molecule has 0 nitrogen and oxygen atoms in total. The van der Waals surface area contributed by atoms with E-state index in [-0.39, 0.29) is 23.9 Å². The average Bonchev–Trinajstić information content (AvgIpc) is 2.62. The number of unbranched alkanes of at least 4 members (excludes halogenated alkanes) is 12. The van der Waals surface area contributed by atoms with Gasteiger partial charge < -0.3 is 0 Å². The van der Waals surface area contributed by atoms with Crippen LogP contribution in [0.15, 0.2) is 0 Å². The fraction of sp³-hybridized carbons (Fsp3) is 0.833. The van der Waals surface area contributed by atoms with Gasteiger partial charge in [0.1, 0.15) is 0 Å². The minimum absolute atomic E-state index is 0. The molecule has 8 radical (unpaired) electrons. The molecule has 0 saturated heterocycles. The van der Waals surface area contributed by atoms with Crippen LogP contribution in [0.4, 0.5) is 0 Å². The fourth-order valence-corrected chi connectivity index (χ4v) is 1.71. The summed E-state index contributed by atoms with van der Waals surface area (Å²) in [6.45, 7) is 23.7. The van der Waals surface area contributed by atoms with Crippen molar-refractivity contribution in [2.75, 3.05) is 0 Å². The number of hydrogen-bond acceptors (Lipinski definition) is 0. The molecule has 0 aromatic rings. The Morgan fingerprint density at radius 3 is 0.560 bits per heavy atom. The SMILES string of the molecule is [CH2]CCCCC.[CH2]CCCCC.[CH2]CCCCC.[CH2]CCCCC.[Sn]. The van der Waals surface area contributed by atoms with E-state index < -0.39 is 0 Å². The minimum atomic E-state index is 0. The first-order valence-corrected chi connectivity index (χ1v) is 10.8. The molecule has 0 N–H and O–H groups in total. The smallest absolute Gasteiger partial charge is 0 e. The van der Waals surface area contributed by atoms with Crippen LogP contribution in [0.25, 0.3) is 0 Å². The van der Waals surface area contributed by atoms with Crippen LogP contribution in [0.1, 0.15) is 130 Å². The number of hydrogen-bond donors (Lipinski definition) is 0. The standard InChI is InChI=1S/4C6H13.Sn/c4*1-3-5-6-4-2;/h4*1,3-6H2,2H3;. The second-order valence-electron chi connectivity index (χ2n) is 6.24. The molecule has 0 saturated carbocycles. The third-order valence-corrected chi connectivity index (χ3v) is 3.41. The van der Waals surface area contributed by atoms with E-state index in [9.17, 15) is 0 Å². The molecule has 0 atom stereocenters. The Labute approximate surface area is 181 Å². The third-order valence-electron chi connectivity index (χ3n) is 3.41. The maximum atomic E-state index is 3.72. The summed E-state index contributed by atoms with van der Waals surface area (Å²) < 4.78 is 0. The van der Waals surface area contributed by atoms with Crippen molar-refractivity contribution in [2.45, 2.75) is 130 Å². The molecule has 152 valence electrons. The first-order valence-electron chi connectivity index (χ1n) is 10.8. The summed E-state index contributed by atoms with van der Waals surface area (Å²) in [5.41, 5.74) is 0. The zero-order chi connectivity index (χ0) is 19.3. The summed E-state index contributed by atoms with van der Waals surface area (Å²) in [7, 11) is 0. The van der Waals surface area contributed by atoms with Crippen LogP contribution in [-0.2, 0) is 0 Å². The van der Waals surface area contributed by atoms with E-state index in [1.165, 1.54) is 77.0 Å². The summed E-state index contributed by atoms with van der Waals surface area (Å²) >= 11 is 0. The largest absolute Gasteiger partial charge is 0.0654 e. The molecule has 0 aliphatic carbocycles. The molecule has 0 bridgehead atoms. The summed E-state index contributed by atoms with van der Waals surface area (Å²) in [5, 5.41) is 0. The maximum Gasteiger partial charge on any atom is 0 e. The molecule has 0 unspecified atom stereocenters. The third kappa shape index (κ3) is 78.7. The van der Waals surface area contributed by atoms with Gasteiger partial charge in [0, 0.05) is 23.9 Å². The first kappa shape index (κ1) is 36.7. The van der Waals surface area contributed by atoms with Gasteiger partial charge in [0.15, 0.2) is 0 Å². The van der Waals surface area contributed by atoms with Crippen molar-refractivity contribution < 1.29 is 0 Å². The Hall–Kier alpha value is 0.799. The molecular weight excluding hydrogens is 407 g/mol. The van der Waals surface area contributed by atoms with Crippen molar-refractivity contribution in [3.63, 3.8) is 0 Å². The van der Waals surface area contributed by atoms with Crippen LogP contribution >= 0.6 is 0 Å². The van der Waals surface area contributed by atoms with Gasteiger partial charge in [-0.05, 0) is 0 Å². The molecule has 0 aromatic carbocycles. The quantitative estimate of drug-likeness (QED) is 0.202. The summed E-state index contributed by atoms with van der Waals surface area (Å²) in [6, 6.07) is 0. The topological polar surface area (TPSA) is 0 Å². The van der Waals surface area contributed by atoms with Gasteiger partial charge in [0.2, 0.25) is 0 Å². The molecule has 0 aromatic heterocycles. The van der Waals surface area contributed by atoms with Crippen molar-refractivity contribution >= 4 is 23.9 Å². The van der Waals surface area contributed by atoms with Gasteiger partial charge in [0.25, 0.3) is 0 Å². The maximum absolute atomic E-state index is 3.72. The van der Waals surface area contributed by atoms with Crippen molar-refractivity contribution in [2.24, 2.45) is 0 Å². The van der Waals surface area contributed by atoms with Gasteiger partial charge in [-0.2, -0.15) is 0 Å². The molecule has 0 rings (SSSR count). The molecule has 0 fully saturated rings. The van der Waals surface area contributed by atoms with E-state index in [0.717, 1.165) is 25.7 Å². The normalized spacial score (nSPS) is 8.64. The van der Waals surface area contributed by atoms with Crippen LogP contribution in [0.2, 0.25) is 0 Å². The Balaban J connectivity index is -0.0000000702. The predicted molar refractivity (Wildman–Crippen MR) is 124 cm³/mol. The van der Waals surface area contributed by atoms with Crippen LogP contribution < -0.4 is 0 Å². The van der Waals surface area contributed by atoms with Gasteiger partial charge in [-0.25, -0.2) is 0 Å². The Morgan fingerprint density at radius 1 is 0.360 bits per heavy atom. The molecule has 0 amide bonds. The Kier molecular flexibility index (Phi) is 73.0. The molecule has 0 spiro atoms. The van der Waals surface area contributed by atoms with E-state index in [1.807, 2.05) is 0 Å². The second kappa shape index (κ2) is 49.8. The van der Waals surface area contributed by atoms with Gasteiger partial charge in [-0.3, -0.25) is 0 Å². The Bertz CT molecular complexity index is 86.1. The zero-order valence-electron chi connectivity index (χ0n) is 18.6. The number of rotatable bonds is 12. The summed E-state index contributed by atoms with van der Waals surface area (Å²) in [6.07, 6.45) is 20.3. The van der Waals surface area contributed by atoms with E-state index in [4.69, 9.17) is 0 Å². The van der Waals surface area contributed by atoms with Gasteiger partial charge in [-0.1, -0.05) is 158 Å². The first-order chi connectivity index (χ1) is 11.7. The molecule has 0 aliphatic heterocycles. The van der Waals surface area contributed by atoms with E-state index in [0.29, 0.717) is 0 Å². The molecule has 0 aliphatic rings. The van der Waals surface area contributed by atoms with E-state index in [1.54, 1.807) is 0 Å². The molecular formula is C24H52Sn. The predicted octanol–water partition coefficient (Wildman–Crippen LogP) is 9.22. The van der Waals surface area contributed by atoms with Gasteiger partial charge in [-0.15, -0.1) is 0 Å². The monoisotopic (exact) mass is 460 g/mol. The van der Waals surface area contributed by atoms with E-state index >= 15 is 0 Å².